The molecule has 1 N–H and O–H groups in total. The van der Waals surface area contributed by atoms with E-state index in [-0.39, 0.29) is 11.7 Å². The molecule has 28 heavy (non-hydrogen) atoms. The highest BCUT2D eigenvalue weighted by Crippen LogP contribution is 2.24. The van der Waals surface area contributed by atoms with Crippen LogP contribution in [-0.4, -0.2) is 36.2 Å². The zero-order valence-corrected chi connectivity index (χ0v) is 16.1. The Morgan fingerprint density at radius 2 is 1.96 bits per heavy atom. The number of halogens is 1. The molecule has 0 unspecified atom stereocenters. The van der Waals surface area contributed by atoms with Gasteiger partial charge in [0.05, 0.1) is 5.75 Å². The minimum atomic E-state index is -0.155. The first-order valence-corrected chi connectivity index (χ1v) is 9.75. The van der Waals surface area contributed by atoms with Crippen LogP contribution in [0.2, 0.25) is 5.02 Å². The van der Waals surface area contributed by atoms with Crippen LogP contribution in [0.5, 0.6) is 0 Å². The van der Waals surface area contributed by atoms with Gasteiger partial charge in [0.15, 0.2) is 5.82 Å². The summed E-state index contributed by atoms with van der Waals surface area (Å²) in [5.41, 5.74) is 1.49. The number of nitrogens with one attached hydrogen (secondary N) is 1. The third kappa shape index (κ3) is 4.08. The molecule has 0 aliphatic carbocycles. The molecule has 3 aromatic heterocycles. The zero-order chi connectivity index (χ0) is 19.3. The van der Waals surface area contributed by atoms with E-state index in [2.05, 4.69) is 20.5 Å². The number of hydrogen-bond acceptors (Lipinski definition) is 5. The van der Waals surface area contributed by atoms with Crippen molar-refractivity contribution in [1.82, 2.24) is 24.5 Å². The Morgan fingerprint density at radius 3 is 2.71 bits per heavy atom. The molecule has 9 heteroatoms. The number of amides is 1. The van der Waals surface area contributed by atoms with Gasteiger partial charge in [-0.1, -0.05) is 29.4 Å². The molecule has 0 bridgehead atoms. The Morgan fingerprint density at radius 1 is 1.11 bits per heavy atom. The lowest BCUT2D eigenvalue weighted by Crippen LogP contribution is -2.15. The number of benzene rings is 1. The molecule has 0 saturated carbocycles. The van der Waals surface area contributed by atoms with Crippen molar-refractivity contribution in [2.45, 2.75) is 5.16 Å². The minimum Gasteiger partial charge on any atom is -0.325 e. The molecule has 1 amide bonds. The van der Waals surface area contributed by atoms with E-state index in [1.165, 1.54) is 11.8 Å². The molecule has 4 aromatic rings. The van der Waals surface area contributed by atoms with Crippen molar-refractivity contribution in [2.75, 3.05) is 11.1 Å². The molecule has 0 radical (unpaired) electrons. The predicted molar refractivity (Wildman–Crippen MR) is 109 cm³/mol. The van der Waals surface area contributed by atoms with Crippen molar-refractivity contribution < 1.29 is 4.79 Å². The van der Waals surface area contributed by atoms with E-state index in [0.717, 1.165) is 5.56 Å². The normalized spacial score (nSPS) is 10.8. The molecular weight excluding hydrogens is 396 g/mol. The second-order valence-electron chi connectivity index (χ2n) is 5.77. The van der Waals surface area contributed by atoms with E-state index in [1.54, 1.807) is 36.7 Å². The van der Waals surface area contributed by atoms with Gasteiger partial charge in [-0.15, -0.1) is 10.2 Å². The number of nitrogens with zero attached hydrogens (tertiary/aromatic N) is 5. The number of carbonyl (C=O) groups is 1. The van der Waals surface area contributed by atoms with Crippen LogP contribution in [0.25, 0.3) is 11.4 Å². The monoisotopic (exact) mass is 410 g/mol. The Hall–Kier alpha value is -3.10. The van der Waals surface area contributed by atoms with Gasteiger partial charge in [-0.3, -0.25) is 14.5 Å². The van der Waals surface area contributed by atoms with Crippen LogP contribution in [-0.2, 0) is 4.79 Å². The molecule has 0 fully saturated rings. The zero-order valence-electron chi connectivity index (χ0n) is 14.6. The van der Waals surface area contributed by atoms with Crippen molar-refractivity contribution in [1.29, 1.82) is 0 Å². The Bertz CT molecular complexity index is 1080. The molecule has 140 valence electrons. The maximum absolute atomic E-state index is 12.3. The third-order valence-electron chi connectivity index (χ3n) is 3.79. The smallest absolute Gasteiger partial charge is 0.234 e. The fourth-order valence-electron chi connectivity index (χ4n) is 2.59. The largest absolute Gasteiger partial charge is 0.325 e. The fraction of sp³-hybridized carbons (Fsp3) is 0.0526. The highest BCUT2D eigenvalue weighted by molar-refractivity contribution is 7.99. The maximum atomic E-state index is 12.3. The summed E-state index contributed by atoms with van der Waals surface area (Å²) in [7, 11) is 0. The molecule has 7 nitrogen and oxygen atoms in total. The van der Waals surface area contributed by atoms with Gasteiger partial charge >= 0.3 is 0 Å². The van der Waals surface area contributed by atoms with E-state index in [4.69, 9.17) is 11.6 Å². The molecule has 0 aliphatic rings. The standard InChI is InChI=1S/C19H15ClN6OS/c20-15-6-3-7-16(11-15)22-17(27)13-28-19-24-23-18(14-5-4-8-21-12-14)26(19)25-9-1-2-10-25/h1-12H,13H2,(H,22,27). The van der Waals surface area contributed by atoms with Crippen molar-refractivity contribution in [3.05, 3.63) is 78.3 Å². The number of aromatic nitrogens is 5. The van der Waals surface area contributed by atoms with Crippen molar-refractivity contribution in [2.24, 2.45) is 0 Å². The van der Waals surface area contributed by atoms with E-state index < -0.39 is 0 Å². The van der Waals surface area contributed by atoms with Crippen LogP contribution in [0.3, 0.4) is 0 Å². The maximum Gasteiger partial charge on any atom is 0.234 e. The number of carbonyl (C=O) groups excluding carboxylic acids is 1. The van der Waals surface area contributed by atoms with Gasteiger partial charge in [0.25, 0.3) is 0 Å². The summed E-state index contributed by atoms with van der Waals surface area (Å²) in [5.74, 6) is 0.665. The van der Waals surface area contributed by atoms with Crippen molar-refractivity contribution in [3.63, 3.8) is 0 Å². The van der Waals surface area contributed by atoms with Crippen LogP contribution < -0.4 is 5.32 Å². The van der Waals surface area contributed by atoms with Gasteiger partial charge < -0.3 is 5.32 Å². The lowest BCUT2D eigenvalue weighted by molar-refractivity contribution is -0.113. The minimum absolute atomic E-state index is 0.155. The summed E-state index contributed by atoms with van der Waals surface area (Å²) >= 11 is 7.25. The molecule has 4 rings (SSSR count). The number of thioether (sulfide) groups is 1. The highest BCUT2D eigenvalue weighted by atomic mass is 35.5. The quantitative estimate of drug-likeness (QED) is 0.489. The molecular formula is C19H15ClN6OS. The number of hydrogen-bond donors (Lipinski definition) is 1. The fourth-order valence-corrected chi connectivity index (χ4v) is 3.52. The van der Waals surface area contributed by atoms with Gasteiger partial charge in [0, 0.05) is 41.1 Å². The molecule has 0 saturated heterocycles. The van der Waals surface area contributed by atoms with E-state index in [1.807, 2.05) is 46.0 Å². The Kier molecular flexibility index (Phi) is 5.41. The molecule has 0 atom stereocenters. The lowest BCUT2D eigenvalue weighted by Gasteiger charge is -2.11. The summed E-state index contributed by atoms with van der Waals surface area (Å²) in [5, 5.41) is 12.6. The topological polar surface area (TPSA) is 77.6 Å². The molecule has 0 aliphatic heterocycles. The second kappa shape index (κ2) is 8.28. The number of anilines is 1. The molecule has 1 aromatic carbocycles. The van der Waals surface area contributed by atoms with Crippen LogP contribution in [0.4, 0.5) is 5.69 Å². The average Bonchev–Trinajstić information content (AvgIpc) is 3.36. The van der Waals surface area contributed by atoms with Gasteiger partial charge in [-0.25, -0.2) is 4.68 Å². The van der Waals surface area contributed by atoms with Gasteiger partial charge in [0.2, 0.25) is 11.1 Å². The lowest BCUT2D eigenvalue weighted by atomic mass is 10.3. The van der Waals surface area contributed by atoms with Gasteiger partial charge in [-0.05, 0) is 42.5 Å². The highest BCUT2D eigenvalue weighted by Gasteiger charge is 2.17. The van der Waals surface area contributed by atoms with E-state index in [0.29, 0.717) is 21.7 Å². The average molecular weight is 411 g/mol. The summed E-state index contributed by atoms with van der Waals surface area (Å²) < 4.78 is 3.70. The van der Waals surface area contributed by atoms with Crippen molar-refractivity contribution >= 4 is 35.0 Å². The Labute approximate surface area is 170 Å². The third-order valence-corrected chi connectivity index (χ3v) is 4.95. The SMILES string of the molecule is O=C(CSc1nnc(-c2cccnc2)n1-n1cccc1)Nc1cccc(Cl)c1. The summed E-state index contributed by atoms with van der Waals surface area (Å²) in [6, 6.07) is 14.6. The van der Waals surface area contributed by atoms with Gasteiger partial charge in [-0.2, -0.15) is 0 Å². The first-order valence-electron chi connectivity index (χ1n) is 8.38. The summed E-state index contributed by atoms with van der Waals surface area (Å²) in [4.78, 5) is 16.5. The first-order chi connectivity index (χ1) is 13.7. The molecule has 3 heterocycles. The van der Waals surface area contributed by atoms with Crippen molar-refractivity contribution in [3.8, 4) is 11.4 Å². The van der Waals surface area contributed by atoms with Crippen LogP contribution in [0.1, 0.15) is 0 Å². The van der Waals surface area contributed by atoms with E-state index >= 15 is 0 Å². The van der Waals surface area contributed by atoms with Gasteiger partial charge in [0.1, 0.15) is 0 Å². The van der Waals surface area contributed by atoms with Crippen LogP contribution in [0.15, 0.2) is 78.5 Å². The second-order valence-corrected chi connectivity index (χ2v) is 7.15. The van der Waals surface area contributed by atoms with E-state index in [9.17, 15) is 4.79 Å². The van der Waals surface area contributed by atoms with Crippen LogP contribution in [0, 0.1) is 0 Å². The predicted octanol–water partition coefficient (Wildman–Crippen LogP) is 3.84. The van der Waals surface area contributed by atoms with Crippen LogP contribution >= 0.6 is 23.4 Å². The molecule has 0 spiro atoms. The Balaban J connectivity index is 1.55. The summed E-state index contributed by atoms with van der Waals surface area (Å²) in [6.45, 7) is 0. The summed E-state index contributed by atoms with van der Waals surface area (Å²) in [6.07, 6.45) is 7.21. The number of pyridine rings is 1. The number of rotatable bonds is 6. The first kappa shape index (κ1) is 18.3.